The second kappa shape index (κ2) is 2.89. The first kappa shape index (κ1) is 6.64. The summed E-state index contributed by atoms with van der Waals surface area (Å²) in [6.45, 7) is 0. The van der Waals surface area contributed by atoms with E-state index in [1.165, 1.54) is 12.8 Å². The molecule has 0 aliphatic heterocycles. The molecule has 2 unspecified atom stereocenters. The van der Waals surface area contributed by atoms with Crippen LogP contribution < -0.4 is 5.73 Å². The van der Waals surface area contributed by atoms with E-state index in [1.54, 1.807) is 0 Å². The van der Waals surface area contributed by atoms with Crippen molar-refractivity contribution in [3.05, 3.63) is 0 Å². The van der Waals surface area contributed by atoms with Gasteiger partial charge in [0.2, 0.25) is 0 Å². The average Bonchev–Trinajstić information content (AvgIpc) is 2.17. The second-order valence-corrected chi connectivity index (χ2v) is 2.85. The van der Waals surface area contributed by atoms with Gasteiger partial charge in [0, 0.05) is 12.5 Å². The van der Waals surface area contributed by atoms with Crippen LogP contribution in [-0.4, -0.2) is 6.04 Å². The van der Waals surface area contributed by atoms with Crippen molar-refractivity contribution >= 4 is 0 Å². The van der Waals surface area contributed by atoms with Gasteiger partial charge in [0.05, 0.1) is 0 Å². The summed E-state index contributed by atoms with van der Waals surface area (Å²) in [5.41, 5.74) is 5.69. The van der Waals surface area contributed by atoms with E-state index < -0.39 is 0 Å². The molecule has 0 heterocycles. The lowest BCUT2D eigenvalue weighted by atomic mass is 10.1. The molecule has 0 radical (unpaired) electrons. The predicted molar refractivity (Wildman–Crippen MR) is 38.8 cm³/mol. The molecular weight excluding hydrogens is 110 g/mol. The van der Waals surface area contributed by atoms with Gasteiger partial charge in [-0.25, -0.2) is 0 Å². The Morgan fingerprint density at radius 2 is 2.33 bits per heavy atom. The number of hydrogen-bond donors (Lipinski definition) is 1. The van der Waals surface area contributed by atoms with Crippen LogP contribution in [0.2, 0.25) is 0 Å². The van der Waals surface area contributed by atoms with Gasteiger partial charge in [-0.3, -0.25) is 0 Å². The highest BCUT2D eigenvalue weighted by molar-refractivity contribution is 4.90. The summed E-state index contributed by atoms with van der Waals surface area (Å²) in [7, 11) is 0. The minimum atomic E-state index is 0.434. The van der Waals surface area contributed by atoms with Gasteiger partial charge >= 0.3 is 0 Å². The molecule has 0 saturated heterocycles. The van der Waals surface area contributed by atoms with E-state index >= 15 is 0 Å². The van der Waals surface area contributed by atoms with Gasteiger partial charge in [-0.15, -0.1) is 12.3 Å². The van der Waals surface area contributed by atoms with Crippen LogP contribution in [0.15, 0.2) is 0 Å². The fraction of sp³-hybridized carbons (Fsp3) is 0.750. The van der Waals surface area contributed by atoms with Crippen molar-refractivity contribution in [3.63, 3.8) is 0 Å². The first-order chi connectivity index (χ1) is 4.33. The highest BCUT2D eigenvalue weighted by Gasteiger charge is 2.20. The Bertz CT molecular complexity index is 123. The van der Waals surface area contributed by atoms with Gasteiger partial charge in [0.1, 0.15) is 0 Å². The zero-order chi connectivity index (χ0) is 6.69. The maximum Gasteiger partial charge on any atom is 0.0115 e. The molecule has 1 saturated carbocycles. The molecule has 0 amide bonds. The molecule has 2 atom stereocenters. The Morgan fingerprint density at radius 3 is 2.78 bits per heavy atom. The summed E-state index contributed by atoms with van der Waals surface area (Å²) in [5, 5.41) is 0. The van der Waals surface area contributed by atoms with E-state index in [9.17, 15) is 0 Å². The number of nitrogens with two attached hydrogens (primary N) is 1. The Kier molecular flexibility index (Phi) is 2.13. The van der Waals surface area contributed by atoms with Gasteiger partial charge in [-0.1, -0.05) is 0 Å². The molecule has 1 fully saturated rings. The van der Waals surface area contributed by atoms with Crippen molar-refractivity contribution in [2.24, 2.45) is 11.7 Å². The van der Waals surface area contributed by atoms with Gasteiger partial charge in [0.25, 0.3) is 0 Å². The molecular formula is C8H13N. The van der Waals surface area contributed by atoms with E-state index in [0.717, 1.165) is 18.8 Å². The summed E-state index contributed by atoms with van der Waals surface area (Å²) in [5.74, 6) is 3.40. The fourth-order valence-corrected chi connectivity index (χ4v) is 1.47. The number of terminal acetylenes is 1. The standard InChI is InChI=1S/C8H13N/c1-2-3-7-4-5-8(9)6-7/h1,7-8H,3-6,9H2. The average molecular weight is 123 g/mol. The molecule has 1 rings (SSSR count). The molecule has 1 aliphatic rings. The van der Waals surface area contributed by atoms with Crippen LogP contribution in [0, 0.1) is 18.3 Å². The van der Waals surface area contributed by atoms with Crippen molar-refractivity contribution in [2.45, 2.75) is 31.7 Å². The van der Waals surface area contributed by atoms with E-state index in [4.69, 9.17) is 12.2 Å². The molecule has 9 heavy (non-hydrogen) atoms. The maximum absolute atomic E-state index is 5.69. The highest BCUT2D eigenvalue weighted by Crippen LogP contribution is 2.26. The predicted octanol–water partition coefficient (Wildman–Crippen LogP) is 1.14. The summed E-state index contributed by atoms with van der Waals surface area (Å²) < 4.78 is 0. The molecule has 1 heteroatoms. The Hall–Kier alpha value is -0.480. The van der Waals surface area contributed by atoms with Crippen LogP contribution in [0.25, 0.3) is 0 Å². The lowest BCUT2D eigenvalue weighted by Crippen LogP contribution is -2.14. The summed E-state index contributed by atoms with van der Waals surface area (Å²) in [4.78, 5) is 0. The van der Waals surface area contributed by atoms with Crippen LogP contribution in [0.3, 0.4) is 0 Å². The van der Waals surface area contributed by atoms with Crippen LogP contribution in [-0.2, 0) is 0 Å². The normalized spacial score (nSPS) is 34.2. The first-order valence-corrected chi connectivity index (χ1v) is 3.52. The number of rotatable bonds is 1. The molecule has 0 aromatic heterocycles. The zero-order valence-electron chi connectivity index (χ0n) is 5.64. The van der Waals surface area contributed by atoms with Gasteiger partial charge in [0.15, 0.2) is 0 Å². The molecule has 0 spiro atoms. The number of hydrogen-bond acceptors (Lipinski definition) is 1. The largest absolute Gasteiger partial charge is 0.328 e. The molecule has 0 bridgehead atoms. The first-order valence-electron chi connectivity index (χ1n) is 3.52. The van der Waals surface area contributed by atoms with E-state index in [-0.39, 0.29) is 0 Å². The Labute approximate surface area is 56.6 Å². The van der Waals surface area contributed by atoms with Crippen LogP contribution >= 0.6 is 0 Å². The molecule has 0 aromatic rings. The van der Waals surface area contributed by atoms with Gasteiger partial charge in [-0.2, -0.15) is 0 Å². The van der Waals surface area contributed by atoms with Crippen LogP contribution in [0.5, 0.6) is 0 Å². The third kappa shape index (κ3) is 1.73. The van der Waals surface area contributed by atoms with Crippen molar-refractivity contribution < 1.29 is 0 Å². The quantitative estimate of drug-likeness (QED) is 0.520. The smallest absolute Gasteiger partial charge is 0.0115 e. The molecule has 0 aromatic carbocycles. The molecule has 2 N–H and O–H groups in total. The van der Waals surface area contributed by atoms with E-state index in [0.29, 0.717) is 6.04 Å². The lowest BCUT2D eigenvalue weighted by Gasteiger charge is -2.01. The van der Waals surface area contributed by atoms with E-state index in [2.05, 4.69) is 5.92 Å². The molecule has 1 nitrogen and oxygen atoms in total. The molecule has 1 aliphatic carbocycles. The van der Waals surface area contributed by atoms with Crippen LogP contribution in [0.1, 0.15) is 25.7 Å². The zero-order valence-corrected chi connectivity index (χ0v) is 5.64. The second-order valence-electron chi connectivity index (χ2n) is 2.85. The monoisotopic (exact) mass is 123 g/mol. The third-order valence-electron chi connectivity index (χ3n) is 1.99. The van der Waals surface area contributed by atoms with Crippen LogP contribution in [0.4, 0.5) is 0 Å². The Balaban J connectivity index is 2.24. The lowest BCUT2D eigenvalue weighted by molar-refractivity contribution is 0.553. The van der Waals surface area contributed by atoms with Crippen molar-refractivity contribution in [3.8, 4) is 12.3 Å². The topological polar surface area (TPSA) is 26.0 Å². The fourth-order valence-electron chi connectivity index (χ4n) is 1.47. The SMILES string of the molecule is C#CCC1CCC(N)C1. The molecule has 50 valence electrons. The maximum atomic E-state index is 5.69. The highest BCUT2D eigenvalue weighted by atomic mass is 14.6. The Morgan fingerprint density at radius 1 is 1.56 bits per heavy atom. The summed E-state index contributed by atoms with van der Waals surface area (Å²) in [6, 6.07) is 0.434. The van der Waals surface area contributed by atoms with Gasteiger partial charge < -0.3 is 5.73 Å². The van der Waals surface area contributed by atoms with Gasteiger partial charge in [-0.05, 0) is 25.2 Å². The summed E-state index contributed by atoms with van der Waals surface area (Å²) >= 11 is 0. The third-order valence-corrected chi connectivity index (χ3v) is 1.99. The van der Waals surface area contributed by atoms with E-state index in [1.807, 2.05) is 0 Å². The van der Waals surface area contributed by atoms with Crippen molar-refractivity contribution in [2.75, 3.05) is 0 Å². The van der Waals surface area contributed by atoms with Crippen molar-refractivity contribution in [1.82, 2.24) is 0 Å². The minimum absolute atomic E-state index is 0.434. The summed E-state index contributed by atoms with van der Waals surface area (Å²) in [6.07, 6.45) is 9.64. The van der Waals surface area contributed by atoms with Crippen molar-refractivity contribution in [1.29, 1.82) is 0 Å². The minimum Gasteiger partial charge on any atom is -0.328 e.